The van der Waals surface area contributed by atoms with Gasteiger partial charge in [0.2, 0.25) is 0 Å². The molecule has 0 radical (unpaired) electrons. The fourth-order valence-corrected chi connectivity index (χ4v) is 4.89. The molecular formula is C27H27NO6S. The molecule has 2 aromatic carbocycles. The number of likely N-dealkylation sites (tertiary alicyclic amines) is 1. The number of hydrogen-bond acceptors (Lipinski definition) is 7. The molecular weight excluding hydrogens is 466 g/mol. The van der Waals surface area contributed by atoms with Crippen LogP contribution >= 0.6 is 11.3 Å². The van der Waals surface area contributed by atoms with Gasteiger partial charge in [0.15, 0.2) is 11.5 Å². The average molecular weight is 494 g/mol. The summed E-state index contributed by atoms with van der Waals surface area (Å²) in [6.07, 6.45) is 0.881. The third kappa shape index (κ3) is 4.88. The van der Waals surface area contributed by atoms with Crippen molar-refractivity contribution in [3.8, 4) is 17.2 Å². The van der Waals surface area contributed by atoms with E-state index in [1.165, 1.54) is 23.3 Å². The van der Waals surface area contributed by atoms with E-state index < -0.39 is 17.7 Å². The summed E-state index contributed by atoms with van der Waals surface area (Å²) in [5.41, 5.74) is 1.28. The van der Waals surface area contributed by atoms with Gasteiger partial charge >= 0.3 is 0 Å². The van der Waals surface area contributed by atoms with Gasteiger partial charge in [-0.05, 0) is 59.8 Å². The highest BCUT2D eigenvalue weighted by molar-refractivity contribution is 7.10. The summed E-state index contributed by atoms with van der Waals surface area (Å²) in [6.45, 7) is 2.77. The summed E-state index contributed by atoms with van der Waals surface area (Å²) in [6, 6.07) is 15.2. The van der Waals surface area contributed by atoms with Crippen molar-refractivity contribution >= 4 is 28.8 Å². The molecule has 0 bridgehead atoms. The molecule has 1 aliphatic heterocycles. The number of benzene rings is 2. The number of ketones is 1. The van der Waals surface area contributed by atoms with Gasteiger partial charge in [0, 0.05) is 17.0 Å². The molecule has 3 aromatic rings. The minimum Gasteiger partial charge on any atom is -0.507 e. The van der Waals surface area contributed by atoms with Crippen LogP contribution < -0.4 is 14.2 Å². The van der Waals surface area contributed by atoms with Crippen LogP contribution in [-0.4, -0.2) is 42.5 Å². The Labute approximate surface area is 208 Å². The van der Waals surface area contributed by atoms with Gasteiger partial charge < -0.3 is 24.2 Å². The van der Waals surface area contributed by atoms with E-state index in [2.05, 4.69) is 0 Å². The SMILES string of the molecule is CCCOc1ccc(/C(O)=C2/C(=O)C(=O)N(Cc3ccc(OC)c(OC)c3)C2c2cccs2)cc1. The smallest absolute Gasteiger partial charge is 0.295 e. The molecule has 0 aliphatic carbocycles. The molecule has 1 aliphatic rings. The van der Waals surface area contributed by atoms with Gasteiger partial charge in [0.25, 0.3) is 11.7 Å². The van der Waals surface area contributed by atoms with E-state index in [-0.39, 0.29) is 17.9 Å². The molecule has 35 heavy (non-hydrogen) atoms. The standard InChI is InChI=1S/C27H27NO6S/c1-4-13-34-19-10-8-18(9-11-19)25(29)23-24(22-6-5-14-35-22)28(27(31)26(23)30)16-17-7-12-20(32-2)21(15-17)33-3/h5-12,14-15,24,29H,4,13,16H2,1-3H3/b25-23-. The van der Waals surface area contributed by atoms with Crippen LogP contribution in [0.3, 0.4) is 0 Å². The van der Waals surface area contributed by atoms with Gasteiger partial charge in [-0.15, -0.1) is 11.3 Å². The Morgan fingerprint density at radius 1 is 1.03 bits per heavy atom. The minimum atomic E-state index is -0.715. The van der Waals surface area contributed by atoms with E-state index in [4.69, 9.17) is 14.2 Å². The van der Waals surface area contributed by atoms with E-state index in [9.17, 15) is 14.7 Å². The van der Waals surface area contributed by atoms with Gasteiger partial charge in [-0.2, -0.15) is 0 Å². The number of ether oxygens (including phenoxy) is 3. The lowest BCUT2D eigenvalue weighted by Crippen LogP contribution is -2.28. The van der Waals surface area contributed by atoms with Crippen LogP contribution in [0.25, 0.3) is 5.76 Å². The lowest BCUT2D eigenvalue weighted by Gasteiger charge is -2.24. The molecule has 1 fully saturated rings. The lowest BCUT2D eigenvalue weighted by atomic mass is 9.99. The number of aliphatic hydroxyl groups is 1. The van der Waals surface area contributed by atoms with Gasteiger partial charge in [-0.1, -0.05) is 19.1 Å². The van der Waals surface area contributed by atoms with Crippen LogP contribution in [0, 0.1) is 0 Å². The largest absolute Gasteiger partial charge is 0.507 e. The Morgan fingerprint density at radius 2 is 1.77 bits per heavy atom. The van der Waals surface area contributed by atoms with Crippen LogP contribution in [0.4, 0.5) is 0 Å². The third-order valence-electron chi connectivity index (χ3n) is 5.75. The van der Waals surface area contributed by atoms with Gasteiger partial charge in [0.1, 0.15) is 11.5 Å². The molecule has 0 saturated carbocycles. The molecule has 1 saturated heterocycles. The first-order valence-electron chi connectivity index (χ1n) is 11.2. The van der Waals surface area contributed by atoms with E-state index in [0.29, 0.717) is 29.4 Å². The van der Waals surface area contributed by atoms with Crippen molar-refractivity contribution < 1.29 is 28.9 Å². The number of carbonyl (C=O) groups excluding carboxylic acids is 2. The summed E-state index contributed by atoms with van der Waals surface area (Å²) in [5.74, 6) is 0.181. The zero-order valence-electron chi connectivity index (χ0n) is 19.8. The van der Waals surface area contributed by atoms with Gasteiger partial charge in [-0.25, -0.2) is 0 Å². The fourth-order valence-electron chi connectivity index (χ4n) is 4.05. The lowest BCUT2D eigenvalue weighted by molar-refractivity contribution is -0.140. The maximum Gasteiger partial charge on any atom is 0.295 e. The number of hydrogen-bond donors (Lipinski definition) is 1. The number of nitrogens with zero attached hydrogens (tertiary/aromatic N) is 1. The van der Waals surface area contributed by atoms with Crippen molar-refractivity contribution in [2.24, 2.45) is 0 Å². The molecule has 1 N–H and O–H groups in total. The van der Waals surface area contributed by atoms with Crippen molar-refractivity contribution in [2.75, 3.05) is 20.8 Å². The maximum absolute atomic E-state index is 13.2. The number of aliphatic hydroxyl groups excluding tert-OH is 1. The van der Waals surface area contributed by atoms with Crippen LogP contribution in [0.15, 0.2) is 65.6 Å². The van der Waals surface area contributed by atoms with Gasteiger partial charge in [0.05, 0.1) is 32.4 Å². The molecule has 4 rings (SSSR count). The molecule has 182 valence electrons. The number of methoxy groups -OCH3 is 2. The Bertz CT molecular complexity index is 1230. The quantitative estimate of drug-likeness (QED) is 0.251. The van der Waals surface area contributed by atoms with Gasteiger partial charge in [-0.3, -0.25) is 9.59 Å². The first-order chi connectivity index (χ1) is 17.0. The minimum absolute atomic E-state index is 0.0696. The molecule has 0 spiro atoms. The Morgan fingerprint density at radius 3 is 2.40 bits per heavy atom. The van der Waals surface area contributed by atoms with Crippen molar-refractivity contribution in [3.05, 3.63) is 81.6 Å². The van der Waals surface area contributed by atoms with E-state index in [0.717, 1.165) is 16.9 Å². The second-order valence-electron chi connectivity index (χ2n) is 8.00. The van der Waals surface area contributed by atoms with Crippen LogP contribution in [0.2, 0.25) is 0 Å². The highest BCUT2D eigenvalue weighted by atomic mass is 32.1. The second-order valence-corrected chi connectivity index (χ2v) is 8.98. The summed E-state index contributed by atoms with van der Waals surface area (Å²) in [5, 5.41) is 13.1. The summed E-state index contributed by atoms with van der Waals surface area (Å²) in [7, 11) is 3.09. The summed E-state index contributed by atoms with van der Waals surface area (Å²) < 4.78 is 16.3. The normalized spacial score (nSPS) is 17.0. The monoisotopic (exact) mass is 493 g/mol. The molecule has 1 atom stereocenters. The van der Waals surface area contributed by atoms with Crippen LogP contribution in [0.1, 0.15) is 35.4 Å². The van der Waals surface area contributed by atoms with Crippen LogP contribution in [-0.2, 0) is 16.1 Å². The number of rotatable bonds is 9. The predicted molar refractivity (Wildman–Crippen MR) is 134 cm³/mol. The first-order valence-corrected chi connectivity index (χ1v) is 12.1. The third-order valence-corrected chi connectivity index (χ3v) is 6.68. The van der Waals surface area contributed by atoms with Crippen LogP contribution in [0.5, 0.6) is 17.2 Å². The second kappa shape index (κ2) is 10.7. The van der Waals surface area contributed by atoms with E-state index in [1.54, 1.807) is 43.5 Å². The number of carbonyl (C=O) groups is 2. The molecule has 1 amide bonds. The van der Waals surface area contributed by atoms with Crippen molar-refractivity contribution in [1.29, 1.82) is 0 Å². The van der Waals surface area contributed by atoms with Crippen molar-refractivity contribution in [2.45, 2.75) is 25.9 Å². The molecule has 1 unspecified atom stereocenters. The predicted octanol–water partition coefficient (Wildman–Crippen LogP) is 5.18. The van der Waals surface area contributed by atoms with E-state index >= 15 is 0 Å². The summed E-state index contributed by atoms with van der Waals surface area (Å²) in [4.78, 5) is 28.6. The number of Topliss-reactive ketones (excluding diaryl/α,β-unsaturated/α-hetero) is 1. The highest BCUT2D eigenvalue weighted by Gasteiger charge is 2.46. The zero-order chi connectivity index (χ0) is 24.9. The topological polar surface area (TPSA) is 85.3 Å². The molecule has 2 heterocycles. The number of amides is 1. The van der Waals surface area contributed by atoms with Crippen molar-refractivity contribution in [1.82, 2.24) is 4.90 Å². The fraction of sp³-hybridized carbons (Fsp3) is 0.259. The molecule has 1 aromatic heterocycles. The molecule has 7 nitrogen and oxygen atoms in total. The Hall–Kier alpha value is -3.78. The summed E-state index contributed by atoms with van der Waals surface area (Å²) >= 11 is 1.42. The maximum atomic E-state index is 13.2. The molecule has 8 heteroatoms. The van der Waals surface area contributed by atoms with E-state index in [1.807, 2.05) is 30.5 Å². The Kier molecular flexibility index (Phi) is 7.41. The average Bonchev–Trinajstić information content (AvgIpc) is 3.50. The highest BCUT2D eigenvalue weighted by Crippen LogP contribution is 2.42. The van der Waals surface area contributed by atoms with Crippen molar-refractivity contribution in [3.63, 3.8) is 0 Å². The first kappa shape index (κ1) is 24.3. The Balaban J connectivity index is 1.73. The number of thiophene rings is 1. The zero-order valence-corrected chi connectivity index (χ0v) is 20.6.